The van der Waals surface area contributed by atoms with Gasteiger partial charge in [0.05, 0.1) is 39.9 Å². The van der Waals surface area contributed by atoms with Crippen molar-refractivity contribution in [2.24, 2.45) is 0 Å². The fourth-order valence-electron chi connectivity index (χ4n) is 8.66. The van der Waals surface area contributed by atoms with Crippen LogP contribution in [0.1, 0.15) is 251 Å². The van der Waals surface area contributed by atoms with Gasteiger partial charge in [-0.2, -0.15) is 0 Å². The van der Waals surface area contributed by atoms with E-state index in [9.17, 15) is 19.4 Å². The topological polar surface area (TPSA) is 105 Å². The zero-order valence-electron chi connectivity index (χ0n) is 51.6. The molecule has 0 aliphatic carbocycles. The van der Waals surface area contributed by atoms with Gasteiger partial charge >= 0.3 is 7.82 Å². The molecule has 8 nitrogen and oxygen atoms in total. The number of phosphoric acid groups is 1. The van der Waals surface area contributed by atoms with Crippen molar-refractivity contribution in [3.8, 4) is 0 Å². The van der Waals surface area contributed by atoms with Gasteiger partial charge in [0.2, 0.25) is 5.91 Å². The SMILES string of the molecule is CC/C=C\C/C=C\C/C=C\C/C=C\C/C=C\C/C=C\C/C=C\C/C=C\C/C=C\C/C=C\CCCCCCCCC(=O)NC(COP(=O)(O)OCC[N+](C)(C)C)C(O)/C=C/CCCCCCCCCCCCCCCCCCCC. The Morgan fingerprint density at radius 2 is 0.759 bits per heavy atom. The minimum atomic E-state index is -4.36. The van der Waals surface area contributed by atoms with Crippen molar-refractivity contribution >= 4 is 13.7 Å². The molecule has 0 aromatic carbocycles. The molecular formula is C70H122N2O6P+. The van der Waals surface area contributed by atoms with E-state index in [0.717, 1.165) is 122 Å². The van der Waals surface area contributed by atoms with Crippen molar-refractivity contribution in [2.45, 2.75) is 264 Å². The molecule has 0 aromatic heterocycles. The highest BCUT2D eigenvalue weighted by Gasteiger charge is 2.27. The van der Waals surface area contributed by atoms with Crippen LogP contribution in [-0.2, 0) is 18.4 Å². The van der Waals surface area contributed by atoms with E-state index in [1.54, 1.807) is 6.08 Å². The average molecular weight is 1120 g/mol. The van der Waals surface area contributed by atoms with Gasteiger partial charge in [0.1, 0.15) is 13.2 Å². The fourth-order valence-corrected chi connectivity index (χ4v) is 9.39. The molecule has 3 atom stereocenters. The lowest BCUT2D eigenvalue weighted by atomic mass is 10.0. The van der Waals surface area contributed by atoms with Gasteiger partial charge in [0.25, 0.3) is 0 Å². The first-order valence-corrected chi connectivity index (χ1v) is 33.6. The van der Waals surface area contributed by atoms with Gasteiger partial charge in [-0.15, -0.1) is 0 Å². The summed E-state index contributed by atoms with van der Waals surface area (Å²) in [6, 6.07) is -0.865. The minimum absolute atomic E-state index is 0.0519. The smallest absolute Gasteiger partial charge is 0.387 e. The lowest BCUT2D eigenvalue weighted by Gasteiger charge is -2.25. The van der Waals surface area contributed by atoms with Crippen LogP contribution in [0.5, 0.6) is 0 Å². The summed E-state index contributed by atoms with van der Waals surface area (Å²) in [6.07, 6.45) is 89.9. The zero-order valence-corrected chi connectivity index (χ0v) is 52.5. The van der Waals surface area contributed by atoms with Gasteiger partial charge in [-0.25, -0.2) is 4.57 Å². The fraction of sp³-hybridized carbons (Fsp3) is 0.671. The zero-order chi connectivity index (χ0) is 57.7. The molecule has 0 saturated heterocycles. The van der Waals surface area contributed by atoms with Crippen LogP contribution in [0.4, 0.5) is 0 Å². The number of nitrogens with one attached hydrogen (secondary N) is 1. The second-order valence-corrected chi connectivity index (χ2v) is 23.9. The Bertz CT molecular complexity index is 1750. The summed E-state index contributed by atoms with van der Waals surface area (Å²) >= 11 is 0. The van der Waals surface area contributed by atoms with Crippen molar-refractivity contribution in [3.63, 3.8) is 0 Å². The van der Waals surface area contributed by atoms with Crippen LogP contribution in [0.25, 0.3) is 0 Å². The molecule has 452 valence electrons. The Morgan fingerprint density at radius 3 is 1.11 bits per heavy atom. The number of carbonyl (C=O) groups excluding carboxylic acids is 1. The van der Waals surface area contributed by atoms with E-state index < -0.39 is 20.0 Å². The van der Waals surface area contributed by atoms with Crippen molar-refractivity contribution in [3.05, 3.63) is 134 Å². The third kappa shape index (κ3) is 62.1. The number of likely N-dealkylation sites (N-methyl/N-ethyl adjacent to an activating group) is 1. The maximum absolute atomic E-state index is 13.0. The summed E-state index contributed by atoms with van der Waals surface area (Å²) in [4.78, 5) is 23.4. The Morgan fingerprint density at radius 1 is 0.443 bits per heavy atom. The Hall–Kier alpha value is -3.36. The molecule has 0 rings (SSSR count). The molecule has 0 aromatic rings. The Labute approximate surface area is 487 Å². The van der Waals surface area contributed by atoms with Crippen molar-refractivity contribution in [1.82, 2.24) is 5.32 Å². The second-order valence-electron chi connectivity index (χ2n) is 22.4. The first-order valence-electron chi connectivity index (χ1n) is 32.1. The summed E-state index contributed by atoms with van der Waals surface area (Å²) in [7, 11) is 1.55. The number of unbranched alkanes of at least 4 members (excludes halogenated alkanes) is 24. The number of allylic oxidation sites excluding steroid dienone is 21. The average Bonchev–Trinajstić information content (AvgIpc) is 3.42. The monoisotopic (exact) mass is 1120 g/mol. The molecule has 0 fully saturated rings. The predicted octanol–water partition coefficient (Wildman–Crippen LogP) is 20.3. The van der Waals surface area contributed by atoms with Crippen LogP contribution >= 0.6 is 7.82 Å². The van der Waals surface area contributed by atoms with Crippen LogP contribution in [-0.4, -0.2) is 73.4 Å². The molecule has 9 heteroatoms. The Kier molecular flexibility index (Phi) is 56.7. The van der Waals surface area contributed by atoms with Gasteiger partial charge in [-0.1, -0.05) is 282 Å². The third-order valence-corrected chi connectivity index (χ3v) is 14.6. The maximum Gasteiger partial charge on any atom is 0.472 e. The maximum atomic E-state index is 13.0. The second kappa shape index (κ2) is 59.3. The van der Waals surface area contributed by atoms with E-state index in [1.807, 2.05) is 27.2 Å². The summed E-state index contributed by atoms with van der Waals surface area (Å²) in [5.74, 6) is -0.195. The van der Waals surface area contributed by atoms with Gasteiger partial charge in [-0.3, -0.25) is 13.8 Å². The van der Waals surface area contributed by atoms with Gasteiger partial charge < -0.3 is 19.8 Å². The molecule has 79 heavy (non-hydrogen) atoms. The normalized spacial score (nSPS) is 14.7. The molecule has 0 spiro atoms. The first kappa shape index (κ1) is 75.6. The van der Waals surface area contributed by atoms with E-state index >= 15 is 0 Å². The minimum Gasteiger partial charge on any atom is -0.387 e. The quantitative estimate of drug-likeness (QED) is 0.0243. The van der Waals surface area contributed by atoms with Crippen LogP contribution in [0, 0.1) is 0 Å². The van der Waals surface area contributed by atoms with Gasteiger partial charge in [0, 0.05) is 6.42 Å². The molecular weight excluding hydrogens is 996 g/mol. The van der Waals surface area contributed by atoms with Crippen LogP contribution in [0.3, 0.4) is 0 Å². The molecule has 0 bridgehead atoms. The first-order chi connectivity index (χ1) is 38.5. The molecule has 0 saturated carbocycles. The van der Waals surface area contributed by atoms with Gasteiger partial charge in [-0.05, 0) is 96.3 Å². The number of carbonyl (C=O) groups is 1. The lowest BCUT2D eigenvalue weighted by molar-refractivity contribution is -0.870. The highest BCUT2D eigenvalue weighted by Crippen LogP contribution is 2.43. The number of phosphoric ester groups is 1. The molecule has 0 aliphatic rings. The largest absolute Gasteiger partial charge is 0.472 e. The van der Waals surface area contributed by atoms with E-state index in [4.69, 9.17) is 9.05 Å². The molecule has 3 unspecified atom stereocenters. The number of amides is 1. The molecule has 3 N–H and O–H groups in total. The standard InChI is InChI=1S/C70H121N2O6P/c1-6-8-10-12-14-16-18-20-22-24-26-28-29-30-31-32-33-34-35-36-37-38-39-40-41-42-43-44-46-48-50-52-54-56-58-60-62-64-70(74)71-68(67-78-79(75,76)77-66-65-72(3,4)5)69(73)63-61-59-57-55-53-51-49-47-45-27-25-23-21-19-17-15-13-11-9-7-2/h8,10,14,16,20,22,26,28,30-31,33-34,36-37,39-40,42-43,46,48,61,63,68-69,73H,6-7,9,11-13,15,17-19,21,23-25,27,29,32,35,38,41,44-45,47,49-60,62,64-67H2,1-5H3,(H-,71,74,75,76)/p+1/b10-8-,16-14-,22-20-,28-26-,31-30-,34-33-,37-36-,40-39-,43-42-,48-46-,63-61+. The molecule has 0 aliphatic heterocycles. The van der Waals surface area contributed by atoms with Crippen LogP contribution in [0.2, 0.25) is 0 Å². The number of quaternary nitrogens is 1. The number of rotatable bonds is 57. The highest BCUT2D eigenvalue weighted by molar-refractivity contribution is 7.47. The van der Waals surface area contributed by atoms with Crippen molar-refractivity contribution < 1.29 is 32.9 Å². The number of nitrogens with zero attached hydrogens (tertiary/aromatic N) is 1. The number of hydrogen-bond acceptors (Lipinski definition) is 5. The molecule has 1 amide bonds. The van der Waals surface area contributed by atoms with E-state index in [-0.39, 0.29) is 19.1 Å². The number of hydrogen-bond donors (Lipinski definition) is 3. The lowest BCUT2D eigenvalue weighted by Crippen LogP contribution is -2.45. The number of aliphatic hydroxyl groups excluding tert-OH is 1. The van der Waals surface area contributed by atoms with Gasteiger partial charge in [0.15, 0.2) is 0 Å². The number of aliphatic hydroxyl groups is 1. The summed E-state index contributed by atoms with van der Waals surface area (Å²) in [5.41, 5.74) is 0. The Balaban J connectivity index is 4.22. The van der Waals surface area contributed by atoms with E-state index in [1.165, 1.54) is 109 Å². The molecule has 0 heterocycles. The van der Waals surface area contributed by atoms with E-state index in [2.05, 4.69) is 141 Å². The van der Waals surface area contributed by atoms with Crippen molar-refractivity contribution in [1.29, 1.82) is 0 Å². The summed E-state index contributed by atoms with van der Waals surface area (Å²) < 4.78 is 23.7. The van der Waals surface area contributed by atoms with Crippen LogP contribution < -0.4 is 5.32 Å². The predicted molar refractivity (Wildman–Crippen MR) is 345 cm³/mol. The highest BCUT2D eigenvalue weighted by atomic mass is 31.2. The van der Waals surface area contributed by atoms with Crippen molar-refractivity contribution in [2.75, 3.05) is 40.9 Å². The van der Waals surface area contributed by atoms with E-state index in [0.29, 0.717) is 17.4 Å². The molecule has 0 radical (unpaired) electrons. The van der Waals surface area contributed by atoms with Crippen LogP contribution in [0.15, 0.2) is 134 Å². The summed E-state index contributed by atoms with van der Waals surface area (Å²) in [5, 5.41) is 14.0. The summed E-state index contributed by atoms with van der Waals surface area (Å²) in [6.45, 7) is 4.69. The third-order valence-electron chi connectivity index (χ3n) is 13.6.